The average molecular weight is 544 g/mol. The second-order valence-corrected chi connectivity index (χ2v) is 8.34. The van der Waals surface area contributed by atoms with Gasteiger partial charge in [-0.1, -0.05) is 27.5 Å². The molecule has 3 aromatic carbocycles. The predicted octanol–water partition coefficient (Wildman–Crippen LogP) is 7.23. The molecule has 0 spiro atoms. The lowest BCUT2D eigenvalue weighted by Gasteiger charge is -2.09. The number of nitro groups is 1. The highest BCUT2D eigenvalue weighted by molar-refractivity contribution is 9.10. The summed E-state index contributed by atoms with van der Waals surface area (Å²) < 4.78 is 17.8. The van der Waals surface area contributed by atoms with Gasteiger partial charge in [-0.2, -0.15) is 0 Å². The van der Waals surface area contributed by atoms with E-state index in [9.17, 15) is 14.9 Å². The predicted molar refractivity (Wildman–Crippen MR) is 130 cm³/mol. The maximum absolute atomic E-state index is 12.7. The van der Waals surface area contributed by atoms with E-state index in [-0.39, 0.29) is 29.5 Å². The van der Waals surface area contributed by atoms with Crippen molar-refractivity contribution in [2.45, 2.75) is 6.61 Å². The number of non-ortho nitro benzene ring substituents is 1. The van der Waals surface area contributed by atoms with Crippen LogP contribution >= 0.6 is 27.5 Å². The fourth-order valence-electron chi connectivity index (χ4n) is 2.91. The number of furan rings is 1. The third-order valence-corrected chi connectivity index (χ3v) is 5.27. The van der Waals surface area contributed by atoms with Gasteiger partial charge in [0.1, 0.15) is 29.6 Å². The molecule has 0 aliphatic heterocycles. The lowest BCUT2D eigenvalue weighted by Crippen LogP contribution is -2.11. The Morgan fingerprint density at radius 3 is 2.38 bits per heavy atom. The highest BCUT2D eigenvalue weighted by Gasteiger charge is 2.16. The fourth-order valence-corrected chi connectivity index (χ4v) is 3.30. The third-order valence-electron chi connectivity index (χ3n) is 4.49. The Kier molecular flexibility index (Phi) is 7.15. The monoisotopic (exact) mass is 542 g/mol. The Morgan fingerprint density at radius 1 is 0.971 bits per heavy atom. The smallest absolute Gasteiger partial charge is 0.291 e. The molecule has 1 amide bonds. The zero-order chi connectivity index (χ0) is 24.1. The number of carbonyl (C=O) groups excluding carboxylic acids is 1. The SMILES string of the molecule is O=C(Nc1cc(Oc2ccc(Cl)cc2)cc([N+](=O)[O-])c1)c1ccc(COc2ccc(Br)cc2)o1. The zero-order valence-electron chi connectivity index (χ0n) is 17.4. The summed E-state index contributed by atoms with van der Waals surface area (Å²) in [6.07, 6.45) is 0. The van der Waals surface area contributed by atoms with Gasteiger partial charge in [0, 0.05) is 21.6 Å². The van der Waals surface area contributed by atoms with E-state index in [0.29, 0.717) is 22.3 Å². The average Bonchev–Trinajstić information content (AvgIpc) is 3.29. The number of halogens is 2. The summed E-state index contributed by atoms with van der Waals surface area (Å²) in [5.41, 5.74) is -0.0722. The molecule has 4 aromatic rings. The van der Waals surface area contributed by atoms with Gasteiger partial charge < -0.3 is 19.2 Å². The van der Waals surface area contributed by atoms with Crippen LogP contribution in [0.5, 0.6) is 17.2 Å². The minimum atomic E-state index is -0.576. The molecule has 1 heterocycles. The molecule has 0 fully saturated rings. The molecule has 0 radical (unpaired) electrons. The number of benzene rings is 3. The van der Waals surface area contributed by atoms with Gasteiger partial charge in [0.25, 0.3) is 11.6 Å². The van der Waals surface area contributed by atoms with Crippen LogP contribution in [0.2, 0.25) is 5.02 Å². The van der Waals surface area contributed by atoms with E-state index in [4.69, 9.17) is 25.5 Å². The molecule has 0 unspecified atom stereocenters. The van der Waals surface area contributed by atoms with Crippen LogP contribution in [0.4, 0.5) is 11.4 Å². The molecule has 0 aliphatic rings. The zero-order valence-corrected chi connectivity index (χ0v) is 19.7. The van der Waals surface area contributed by atoms with Crippen molar-refractivity contribution in [1.29, 1.82) is 0 Å². The van der Waals surface area contributed by atoms with Gasteiger partial charge in [-0.15, -0.1) is 0 Å². The van der Waals surface area contributed by atoms with Gasteiger partial charge in [-0.3, -0.25) is 14.9 Å². The third kappa shape index (κ3) is 6.15. The summed E-state index contributed by atoms with van der Waals surface area (Å²) >= 11 is 9.22. The Morgan fingerprint density at radius 2 is 1.68 bits per heavy atom. The lowest BCUT2D eigenvalue weighted by atomic mass is 10.2. The number of anilines is 1. The molecule has 0 bridgehead atoms. The Labute approximate surface area is 207 Å². The fraction of sp³-hybridized carbons (Fsp3) is 0.0417. The van der Waals surface area contributed by atoms with Crippen molar-refractivity contribution in [3.05, 3.63) is 110 Å². The van der Waals surface area contributed by atoms with Gasteiger partial charge >= 0.3 is 0 Å². The number of nitro benzene ring substituents is 1. The molecule has 0 saturated carbocycles. The van der Waals surface area contributed by atoms with E-state index < -0.39 is 10.8 Å². The van der Waals surface area contributed by atoms with E-state index in [1.807, 2.05) is 12.1 Å². The first kappa shape index (κ1) is 23.3. The Hall–Kier alpha value is -3.82. The van der Waals surface area contributed by atoms with Gasteiger partial charge in [0.15, 0.2) is 5.76 Å². The summed E-state index contributed by atoms with van der Waals surface area (Å²) in [5.74, 6) is 1.15. The van der Waals surface area contributed by atoms with Crippen molar-refractivity contribution in [1.82, 2.24) is 0 Å². The van der Waals surface area contributed by atoms with Crippen LogP contribution in [-0.4, -0.2) is 10.8 Å². The Balaban J connectivity index is 1.45. The van der Waals surface area contributed by atoms with Crippen molar-refractivity contribution in [2.24, 2.45) is 0 Å². The maximum Gasteiger partial charge on any atom is 0.291 e. The van der Waals surface area contributed by atoms with Gasteiger partial charge in [-0.05, 0) is 60.7 Å². The van der Waals surface area contributed by atoms with Crippen molar-refractivity contribution < 1.29 is 23.6 Å². The number of nitrogens with zero attached hydrogens (tertiary/aromatic N) is 1. The Bertz CT molecular complexity index is 1320. The molecule has 34 heavy (non-hydrogen) atoms. The van der Waals surface area contributed by atoms with E-state index in [2.05, 4.69) is 21.2 Å². The molecule has 0 atom stereocenters. The molecule has 4 rings (SSSR count). The van der Waals surface area contributed by atoms with E-state index in [1.165, 1.54) is 24.3 Å². The van der Waals surface area contributed by atoms with Crippen LogP contribution in [0.25, 0.3) is 0 Å². The topological polar surface area (TPSA) is 104 Å². The number of ether oxygens (including phenoxy) is 2. The molecule has 8 nitrogen and oxygen atoms in total. The highest BCUT2D eigenvalue weighted by atomic mass is 79.9. The van der Waals surface area contributed by atoms with Crippen LogP contribution in [0, 0.1) is 10.1 Å². The lowest BCUT2D eigenvalue weighted by molar-refractivity contribution is -0.384. The van der Waals surface area contributed by atoms with Gasteiger partial charge in [-0.25, -0.2) is 0 Å². The number of amides is 1. The summed E-state index contributed by atoms with van der Waals surface area (Å²) in [7, 11) is 0. The number of nitrogens with one attached hydrogen (secondary N) is 1. The molecular formula is C24H16BrClN2O6. The summed E-state index contributed by atoms with van der Waals surface area (Å²) in [6.45, 7) is 0.130. The van der Waals surface area contributed by atoms with E-state index in [0.717, 1.165) is 4.47 Å². The first-order chi connectivity index (χ1) is 16.4. The normalized spacial score (nSPS) is 10.5. The molecule has 0 aliphatic carbocycles. The molecule has 172 valence electrons. The second kappa shape index (κ2) is 10.4. The van der Waals surface area contributed by atoms with Gasteiger partial charge in [0.05, 0.1) is 16.7 Å². The quantitative estimate of drug-likeness (QED) is 0.186. The van der Waals surface area contributed by atoms with Crippen molar-refractivity contribution >= 4 is 44.8 Å². The number of hydrogen-bond acceptors (Lipinski definition) is 6. The molecule has 10 heteroatoms. The number of rotatable bonds is 8. The summed E-state index contributed by atoms with van der Waals surface area (Å²) in [5, 5.41) is 14.5. The standard InChI is InChI=1S/C24H16BrClN2O6/c25-15-1-5-19(6-2-15)32-14-21-9-10-23(34-21)24(29)27-17-11-18(28(30)31)13-22(12-17)33-20-7-3-16(26)4-8-20/h1-13H,14H2,(H,27,29). The minimum absolute atomic E-state index is 0.0288. The van der Waals surface area contributed by atoms with Crippen LogP contribution < -0.4 is 14.8 Å². The largest absolute Gasteiger partial charge is 0.486 e. The number of carbonyl (C=O) groups is 1. The van der Waals surface area contributed by atoms with Crippen LogP contribution in [0.3, 0.4) is 0 Å². The highest BCUT2D eigenvalue weighted by Crippen LogP contribution is 2.30. The molecule has 1 N–H and O–H groups in total. The van der Waals surface area contributed by atoms with Crippen LogP contribution in [0.15, 0.2) is 87.8 Å². The first-order valence-electron chi connectivity index (χ1n) is 9.87. The van der Waals surface area contributed by atoms with Crippen LogP contribution in [0.1, 0.15) is 16.3 Å². The summed E-state index contributed by atoms with van der Waals surface area (Å²) in [6, 6.07) is 20.9. The van der Waals surface area contributed by atoms with Crippen molar-refractivity contribution in [3.8, 4) is 17.2 Å². The minimum Gasteiger partial charge on any atom is -0.486 e. The van der Waals surface area contributed by atoms with E-state index >= 15 is 0 Å². The molecule has 1 aromatic heterocycles. The van der Waals surface area contributed by atoms with E-state index in [1.54, 1.807) is 42.5 Å². The summed E-state index contributed by atoms with van der Waals surface area (Å²) in [4.78, 5) is 23.4. The van der Waals surface area contributed by atoms with Crippen molar-refractivity contribution in [2.75, 3.05) is 5.32 Å². The number of hydrogen-bond donors (Lipinski definition) is 1. The first-order valence-corrected chi connectivity index (χ1v) is 11.0. The molecular weight excluding hydrogens is 528 g/mol. The maximum atomic E-state index is 12.7. The van der Waals surface area contributed by atoms with Crippen LogP contribution in [-0.2, 0) is 6.61 Å². The molecule has 0 saturated heterocycles. The second-order valence-electron chi connectivity index (χ2n) is 6.99. The van der Waals surface area contributed by atoms with Gasteiger partial charge in [0.2, 0.25) is 0 Å². The van der Waals surface area contributed by atoms with Crippen molar-refractivity contribution in [3.63, 3.8) is 0 Å².